The first kappa shape index (κ1) is 15.8. The summed E-state index contributed by atoms with van der Waals surface area (Å²) >= 11 is 0. The molecule has 1 aromatic carbocycles. The molecule has 1 aromatic rings. The Morgan fingerprint density at radius 3 is 2.67 bits per heavy atom. The lowest BCUT2D eigenvalue weighted by Gasteiger charge is -2.31. The molecule has 0 aliphatic carbocycles. The molecule has 116 valence electrons. The van der Waals surface area contributed by atoms with Crippen LogP contribution in [-0.2, 0) is 14.3 Å². The van der Waals surface area contributed by atoms with Gasteiger partial charge < -0.3 is 20.5 Å². The molecule has 1 saturated heterocycles. The Morgan fingerprint density at radius 2 is 2.05 bits per heavy atom. The monoisotopic (exact) mass is 292 g/mol. The molecular weight excluding hydrogens is 268 g/mol. The van der Waals surface area contributed by atoms with Crippen LogP contribution >= 0.6 is 0 Å². The van der Waals surface area contributed by atoms with Gasteiger partial charge in [-0.25, -0.2) is 0 Å². The minimum atomic E-state index is -0.144. The van der Waals surface area contributed by atoms with Crippen molar-refractivity contribution in [1.82, 2.24) is 0 Å². The summed E-state index contributed by atoms with van der Waals surface area (Å²) in [5, 5.41) is 2.85. The van der Waals surface area contributed by atoms with E-state index in [0.717, 1.165) is 24.1 Å². The maximum absolute atomic E-state index is 12.0. The summed E-state index contributed by atoms with van der Waals surface area (Å²) in [6.45, 7) is 6.04. The third kappa shape index (κ3) is 4.72. The summed E-state index contributed by atoms with van der Waals surface area (Å²) < 4.78 is 11.4. The molecule has 1 aliphatic heterocycles. The first-order valence-electron chi connectivity index (χ1n) is 7.37. The van der Waals surface area contributed by atoms with Crippen LogP contribution in [0.3, 0.4) is 0 Å². The Labute approximate surface area is 125 Å². The largest absolute Gasteiger partial charge is 0.399 e. The van der Waals surface area contributed by atoms with Crippen molar-refractivity contribution in [2.75, 3.05) is 17.7 Å². The average molecular weight is 292 g/mol. The number of aryl methyl sites for hydroxylation is 1. The van der Waals surface area contributed by atoms with Gasteiger partial charge in [0.05, 0.1) is 18.3 Å². The topological polar surface area (TPSA) is 73.6 Å². The van der Waals surface area contributed by atoms with Gasteiger partial charge in [-0.15, -0.1) is 0 Å². The van der Waals surface area contributed by atoms with Gasteiger partial charge in [-0.3, -0.25) is 4.79 Å². The highest BCUT2D eigenvalue weighted by atomic mass is 16.5. The van der Waals surface area contributed by atoms with Crippen LogP contribution in [0, 0.1) is 6.92 Å². The van der Waals surface area contributed by atoms with Gasteiger partial charge >= 0.3 is 0 Å². The van der Waals surface area contributed by atoms with Gasteiger partial charge in [-0.2, -0.15) is 0 Å². The Bertz CT molecular complexity index is 494. The van der Waals surface area contributed by atoms with Crippen molar-refractivity contribution in [3.05, 3.63) is 23.8 Å². The van der Waals surface area contributed by atoms with Gasteiger partial charge in [-0.1, -0.05) is 0 Å². The van der Waals surface area contributed by atoms with Crippen molar-refractivity contribution in [3.63, 3.8) is 0 Å². The molecule has 0 saturated carbocycles. The molecule has 3 N–H and O–H groups in total. The fourth-order valence-corrected chi connectivity index (χ4v) is 2.69. The van der Waals surface area contributed by atoms with Gasteiger partial charge in [0.15, 0.2) is 0 Å². The fraction of sp³-hybridized carbons (Fsp3) is 0.562. The summed E-state index contributed by atoms with van der Waals surface area (Å²) in [5.74, 6) is -0.144. The summed E-state index contributed by atoms with van der Waals surface area (Å²) in [6.07, 6.45) is 2.11. The third-order valence-corrected chi connectivity index (χ3v) is 3.63. The molecule has 1 heterocycles. The molecule has 1 amide bonds. The number of amides is 1. The number of rotatable bonds is 4. The smallest absolute Gasteiger partial charge is 0.250 e. The third-order valence-electron chi connectivity index (χ3n) is 3.63. The SMILES string of the molecule is Cc1cc(N)ccc1NC(=O)COC1CC(C)OC(C)C1. The van der Waals surface area contributed by atoms with Crippen molar-refractivity contribution in [1.29, 1.82) is 0 Å². The summed E-state index contributed by atoms with van der Waals surface area (Å²) in [6, 6.07) is 5.41. The second-order valence-corrected chi connectivity index (χ2v) is 5.78. The van der Waals surface area contributed by atoms with Gasteiger partial charge in [0.25, 0.3) is 0 Å². The zero-order chi connectivity index (χ0) is 15.4. The molecule has 0 radical (unpaired) electrons. The molecular formula is C16H24N2O3. The lowest BCUT2D eigenvalue weighted by atomic mass is 10.0. The molecule has 5 nitrogen and oxygen atoms in total. The Morgan fingerprint density at radius 1 is 1.38 bits per heavy atom. The van der Waals surface area contributed by atoms with E-state index >= 15 is 0 Å². The summed E-state index contributed by atoms with van der Waals surface area (Å²) in [5.41, 5.74) is 8.09. The van der Waals surface area contributed by atoms with Gasteiger partial charge in [0.1, 0.15) is 6.61 Å². The Hall–Kier alpha value is -1.59. The van der Waals surface area contributed by atoms with E-state index < -0.39 is 0 Å². The molecule has 0 bridgehead atoms. The van der Waals surface area contributed by atoms with Gasteiger partial charge in [0.2, 0.25) is 5.91 Å². The van der Waals surface area contributed by atoms with Crippen molar-refractivity contribution in [2.24, 2.45) is 0 Å². The number of ether oxygens (including phenoxy) is 2. The normalized spacial score (nSPS) is 25.6. The fourth-order valence-electron chi connectivity index (χ4n) is 2.69. The number of carbonyl (C=O) groups excluding carboxylic acids is 1. The Balaban J connectivity index is 1.82. The molecule has 2 rings (SSSR count). The summed E-state index contributed by atoms with van der Waals surface area (Å²) in [4.78, 5) is 12.0. The maximum atomic E-state index is 12.0. The van der Waals surface area contributed by atoms with Crippen LogP contribution in [0.2, 0.25) is 0 Å². The Kier molecular flexibility index (Phi) is 5.20. The quantitative estimate of drug-likeness (QED) is 0.836. The number of hydrogen-bond acceptors (Lipinski definition) is 4. The standard InChI is InChI=1S/C16H24N2O3/c1-10-6-13(17)4-5-15(10)18-16(19)9-20-14-7-11(2)21-12(3)8-14/h4-6,11-12,14H,7-9,17H2,1-3H3,(H,18,19). The van der Waals surface area contributed by atoms with Crippen molar-refractivity contribution >= 4 is 17.3 Å². The molecule has 2 atom stereocenters. The van der Waals surface area contributed by atoms with Crippen LogP contribution in [-0.4, -0.2) is 30.8 Å². The number of carbonyl (C=O) groups is 1. The highest BCUT2D eigenvalue weighted by Gasteiger charge is 2.25. The molecule has 1 aliphatic rings. The summed E-state index contributed by atoms with van der Waals surface area (Å²) in [7, 11) is 0. The number of nitrogens with two attached hydrogens (primary N) is 1. The molecule has 2 unspecified atom stereocenters. The first-order valence-corrected chi connectivity index (χ1v) is 7.37. The van der Waals surface area contributed by atoms with Crippen LogP contribution in [0.5, 0.6) is 0 Å². The van der Waals surface area contributed by atoms with Crippen LogP contribution in [0.15, 0.2) is 18.2 Å². The molecule has 0 spiro atoms. The van der Waals surface area contributed by atoms with Gasteiger partial charge in [-0.05, 0) is 57.4 Å². The first-order chi connectivity index (χ1) is 9.94. The predicted molar refractivity (Wildman–Crippen MR) is 83.2 cm³/mol. The van der Waals surface area contributed by atoms with E-state index in [1.165, 1.54) is 0 Å². The van der Waals surface area contributed by atoms with E-state index in [1.54, 1.807) is 12.1 Å². The number of hydrogen-bond donors (Lipinski definition) is 2. The predicted octanol–water partition coefficient (Wildman–Crippen LogP) is 2.49. The van der Waals surface area contributed by atoms with E-state index in [-0.39, 0.29) is 30.8 Å². The van der Waals surface area contributed by atoms with Crippen molar-refractivity contribution in [3.8, 4) is 0 Å². The van der Waals surface area contributed by atoms with Crippen LogP contribution in [0.1, 0.15) is 32.3 Å². The van der Waals surface area contributed by atoms with Crippen LogP contribution < -0.4 is 11.1 Å². The molecule has 1 fully saturated rings. The molecule has 0 aromatic heterocycles. The number of nitrogen functional groups attached to an aromatic ring is 1. The van der Waals surface area contributed by atoms with Crippen molar-refractivity contribution in [2.45, 2.75) is 51.9 Å². The van der Waals surface area contributed by atoms with Gasteiger partial charge in [0, 0.05) is 11.4 Å². The van der Waals surface area contributed by atoms with Crippen molar-refractivity contribution < 1.29 is 14.3 Å². The lowest BCUT2D eigenvalue weighted by Crippen LogP contribution is -2.35. The number of anilines is 2. The zero-order valence-corrected chi connectivity index (χ0v) is 12.9. The number of benzene rings is 1. The highest BCUT2D eigenvalue weighted by molar-refractivity contribution is 5.92. The lowest BCUT2D eigenvalue weighted by molar-refractivity contribution is -0.131. The van der Waals surface area contributed by atoms with E-state index in [2.05, 4.69) is 5.32 Å². The second kappa shape index (κ2) is 6.91. The second-order valence-electron chi connectivity index (χ2n) is 5.78. The highest BCUT2D eigenvalue weighted by Crippen LogP contribution is 2.22. The number of nitrogens with one attached hydrogen (secondary N) is 1. The van der Waals surface area contributed by atoms with Crippen LogP contribution in [0.25, 0.3) is 0 Å². The van der Waals surface area contributed by atoms with E-state index in [9.17, 15) is 4.79 Å². The van der Waals surface area contributed by atoms with E-state index in [4.69, 9.17) is 15.2 Å². The van der Waals surface area contributed by atoms with E-state index in [0.29, 0.717) is 5.69 Å². The molecule has 21 heavy (non-hydrogen) atoms. The minimum absolute atomic E-state index is 0.0634. The van der Waals surface area contributed by atoms with E-state index in [1.807, 2.05) is 26.8 Å². The minimum Gasteiger partial charge on any atom is -0.399 e. The zero-order valence-electron chi connectivity index (χ0n) is 12.9. The maximum Gasteiger partial charge on any atom is 0.250 e. The molecule has 5 heteroatoms. The average Bonchev–Trinajstić information content (AvgIpc) is 2.39. The van der Waals surface area contributed by atoms with Crippen LogP contribution in [0.4, 0.5) is 11.4 Å².